The molecule has 0 aromatic carbocycles. The van der Waals surface area contributed by atoms with Crippen molar-refractivity contribution in [2.75, 3.05) is 0 Å². The highest BCUT2D eigenvalue weighted by molar-refractivity contribution is 5.74. The number of nitrogens with zero attached hydrogens (tertiary/aromatic N) is 3. The van der Waals surface area contributed by atoms with Gasteiger partial charge in [0.15, 0.2) is 5.82 Å². The largest absolute Gasteiger partial charge is 0.480 e. The third-order valence-corrected chi connectivity index (χ3v) is 5.09. The van der Waals surface area contributed by atoms with Gasteiger partial charge in [-0.1, -0.05) is 31.3 Å². The zero-order chi connectivity index (χ0) is 15.5. The molecule has 6 nitrogen and oxygen atoms in total. The van der Waals surface area contributed by atoms with Crippen LogP contribution < -0.4 is 0 Å². The van der Waals surface area contributed by atoms with Crippen LogP contribution in [0.4, 0.5) is 0 Å². The van der Waals surface area contributed by atoms with Crippen LogP contribution in [0.25, 0.3) is 0 Å². The van der Waals surface area contributed by atoms with Crippen LogP contribution in [0.1, 0.15) is 63.6 Å². The molecular formula is C16H25N3O3. The van der Waals surface area contributed by atoms with Crippen LogP contribution in [0.2, 0.25) is 0 Å². The Morgan fingerprint density at radius 1 is 1.41 bits per heavy atom. The van der Waals surface area contributed by atoms with Crippen LogP contribution in [-0.4, -0.2) is 38.2 Å². The second-order valence-electron chi connectivity index (χ2n) is 6.58. The number of fused-ring (bicyclic) bond motifs is 1. The highest BCUT2D eigenvalue weighted by Crippen LogP contribution is 2.40. The van der Waals surface area contributed by atoms with E-state index in [-0.39, 0.29) is 0 Å². The summed E-state index contributed by atoms with van der Waals surface area (Å²) >= 11 is 0. The van der Waals surface area contributed by atoms with Gasteiger partial charge >= 0.3 is 5.97 Å². The van der Waals surface area contributed by atoms with Crippen LogP contribution in [0.15, 0.2) is 4.52 Å². The van der Waals surface area contributed by atoms with E-state index >= 15 is 0 Å². The Hall–Kier alpha value is -1.43. The number of likely N-dealkylation sites (tertiary alicyclic amines) is 1. The number of carboxylic acid groups (broad SMARTS) is 1. The molecule has 1 saturated carbocycles. The van der Waals surface area contributed by atoms with Crippen LogP contribution in [0.3, 0.4) is 0 Å². The topological polar surface area (TPSA) is 79.5 Å². The highest BCUT2D eigenvalue weighted by Gasteiger charge is 2.45. The van der Waals surface area contributed by atoms with Crippen molar-refractivity contribution in [3.8, 4) is 0 Å². The molecule has 1 N–H and O–H groups in total. The quantitative estimate of drug-likeness (QED) is 0.870. The van der Waals surface area contributed by atoms with Crippen molar-refractivity contribution >= 4 is 5.97 Å². The Bertz CT molecular complexity index is 516. The van der Waals surface area contributed by atoms with Gasteiger partial charge in [0, 0.05) is 12.5 Å². The predicted molar refractivity (Wildman–Crippen MR) is 80.2 cm³/mol. The van der Waals surface area contributed by atoms with Crippen molar-refractivity contribution in [1.29, 1.82) is 0 Å². The first-order chi connectivity index (χ1) is 10.7. The zero-order valence-corrected chi connectivity index (χ0v) is 13.2. The summed E-state index contributed by atoms with van der Waals surface area (Å²) < 4.78 is 5.34. The van der Waals surface area contributed by atoms with E-state index in [1.807, 2.05) is 0 Å². The fourth-order valence-corrected chi connectivity index (χ4v) is 3.97. The lowest BCUT2D eigenvalue weighted by molar-refractivity contribution is -0.143. The molecule has 1 aromatic heterocycles. The molecule has 0 spiro atoms. The Labute approximate surface area is 130 Å². The Kier molecular flexibility index (Phi) is 4.76. The fraction of sp³-hybridized carbons (Fsp3) is 0.812. The summed E-state index contributed by atoms with van der Waals surface area (Å²) in [5.41, 5.74) is 0. The fourth-order valence-electron chi connectivity index (χ4n) is 3.97. The summed E-state index contributed by atoms with van der Waals surface area (Å²) in [6.07, 6.45) is 8.39. The first-order valence-corrected chi connectivity index (χ1v) is 8.49. The van der Waals surface area contributed by atoms with E-state index in [2.05, 4.69) is 22.0 Å². The van der Waals surface area contributed by atoms with E-state index in [0.29, 0.717) is 24.4 Å². The number of aromatic nitrogens is 2. The number of unbranched alkanes of at least 4 members (excludes halogenated alkanes) is 1. The minimum Gasteiger partial charge on any atom is -0.480 e. The number of hydrogen-bond donors (Lipinski definition) is 1. The highest BCUT2D eigenvalue weighted by atomic mass is 16.5. The summed E-state index contributed by atoms with van der Waals surface area (Å²) in [6.45, 7) is 2.60. The lowest BCUT2D eigenvalue weighted by atomic mass is 9.85. The molecule has 0 bridgehead atoms. The van der Waals surface area contributed by atoms with Gasteiger partial charge in [-0.05, 0) is 31.6 Å². The van der Waals surface area contributed by atoms with Crippen molar-refractivity contribution < 1.29 is 14.4 Å². The number of carbonyl (C=O) groups is 1. The van der Waals surface area contributed by atoms with Crippen LogP contribution in [-0.2, 0) is 17.8 Å². The van der Waals surface area contributed by atoms with Crippen LogP contribution in [0.5, 0.6) is 0 Å². The lowest BCUT2D eigenvalue weighted by Crippen LogP contribution is -2.41. The SMILES string of the molecule is CCCCc1noc(CN2[C@H](C(=O)O)C[C@@H]3CCCC[C@@H]32)n1. The minimum atomic E-state index is -0.722. The first kappa shape index (κ1) is 15.5. The van der Waals surface area contributed by atoms with E-state index in [0.717, 1.165) is 44.3 Å². The monoisotopic (exact) mass is 307 g/mol. The molecule has 1 saturated heterocycles. The number of carboxylic acids is 1. The van der Waals surface area contributed by atoms with E-state index in [1.165, 1.54) is 12.8 Å². The summed E-state index contributed by atoms with van der Waals surface area (Å²) in [6, 6.07) is -0.0417. The zero-order valence-electron chi connectivity index (χ0n) is 13.2. The van der Waals surface area contributed by atoms with Gasteiger partial charge in [-0.15, -0.1) is 0 Å². The van der Waals surface area contributed by atoms with Gasteiger partial charge in [0.2, 0.25) is 5.89 Å². The molecule has 2 aliphatic rings. The van der Waals surface area contributed by atoms with E-state index in [1.54, 1.807) is 0 Å². The molecule has 122 valence electrons. The van der Waals surface area contributed by atoms with Crippen LogP contribution >= 0.6 is 0 Å². The normalized spacial score (nSPS) is 28.7. The number of aryl methyl sites for hydroxylation is 1. The second-order valence-corrected chi connectivity index (χ2v) is 6.58. The minimum absolute atomic E-state index is 0.362. The molecule has 1 aromatic rings. The summed E-state index contributed by atoms with van der Waals surface area (Å²) in [4.78, 5) is 18.1. The summed E-state index contributed by atoms with van der Waals surface area (Å²) in [5, 5.41) is 13.5. The molecule has 2 fully saturated rings. The van der Waals surface area contributed by atoms with E-state index < -0.39 is 12.0 Å². The molecule has 6 heteroatoms. The standard InChI is InChI=1S/C16H25N3O3/c1-2-3-8-14-17-15(22-18-14)10-19-12-7-5-4-6-11(12)9-13(19)16(20)21/h11-13H,2-10H2,1H3,(H,20,21)/t11-,12-,13-/m0/s1. The maximum atomic E-state index is 11.6. The summed E-state index contributed by atoms with van der Waals surface area (Å²) in [7, 11) is 0. The molecule has 3 rings (SSSR count). The van der Waals surface area contributed by atoms with Gasteiger partial charge in [-0.25, -0.2) is 0 Å². The van der Waals surface area contributed by atoms with Crippen molar-refractivity contribution in [2.45, 2.75) is 76.9 Å². The third kappa shape index (κ3) is 3.16. The Balaban J connectivity index is 1.70. The third-order valence-electron chi connectivity index (χ3n) is 5.09. The van der Waals surface area contributed by atoms with E-state index in [4.69, 9.17) is 4.52 Å². The van der Waals surface area contributed by atoms with Gasteiger partial charge in [-0.3, -0.25) is 9.69 Å². The average molecular weight is 307 g/mol. The maximum absolute atomic E-state index is 11.6. The number of aliphatic carboxylic acids is 1. The van der Waals surface area contributed by atoms with Gasteiger partial charge in [0.1, 0.15) is 6.04 Å². The number of hydrogen-bond acceptors (Lipinski definition) is 5. The average Bonchev–Trinajstić information content (AvgIpc) is 3.11. The van der Waals surface area contributed by atoms with Gasteiger partial charge < -0.3 is 9.63 Å². The van der Waals surface area contributed by atoms with Gasteiger partial charge in [0.05, 0.1) is 6.54 Å². The van der Waals surface area contributed by atoms with Crippen molar-refractivity contribution in [1.82, 2.24) is 15.0 Å². The van der Waals surface area contributed by atoms with Crippen LogP contribution in [0, 0.1) is 5.92 Å². The molecule has 2 heterocycles. The molecule has 0 radical (unpaired) electrons. The van der Waals surface area contributed by atoms with Crippen molar-refractivity contribution in [2.24, 2.45) is 5.92 Å². The Morgan fingerprint density at radius 3 is 3.00 bits per heavy atom. The maximum Gasteiger partial charge on any atom is 0.320 e. The van der Waals surface area contributed by atoms with Gasteiger partial charge in [0.25, 0.3) is 0 Å². The van der Waals surface area contributed by atoms with E-state index in [9.17, 15) is 9.90 Å². The molecule has 22 heavy (non-hydrogen) atoms. The first-order valence-electron chi connectivity index (χ1n) is 8.49. The summed E-state index contributed by atoms with van der Waals surface area (Å²) in [5.74, 6) is 1.09. The molecule has 1 aliphatic heterocycles. The number of rotatable bonds is 6. The molecule has 1 aliphatic carbocycles. The molecule has 0 amide bonds. The predicted octanol–water partition coefficient (Wildman–Crippen LogP) is 2.63. The Morgan fingerprint density at radius 2 is 2.23 bits per heavy atom. The molecule has 0 unspecified atom stereocenters. The van der Waals surface area contributed by atoms with Crippen molar-refractivity contribution in [3.63, 3.8) is 0 Å². The molecular weight excluding hydrogens is 282 g/mol. The molecule has 3 atom stereocenters. The second kappa shape index (κ2) is 6.77. The smallest absolute Gasteiger partial charge is 0.320 e. The lowest BCUT2D eigenvalue weighted by Gasteiger charge is -2.31. The van der Waals surface area contributed by atoms with Gasteiger partial charge in [-0.2, -0.15) is 4.98 Å². The van der Waals surface area contributed by atoms with Crippen molar-refractivity contribution in [3.05, 3.63) is 11.7 Å².